The molecule has 3 aromatic heterocycles. The minimum Gasteiger partial charge on any atom is -0.367 e. The van der Waals surface area contributed by atoms with Crippen LogP contribution in [0, 0.1) is 20.8 Å². The molecule has 168 valence electrons. The second kappa shape index (κ2) is 7.99. The van der Waals surface area contributed by atoms with Crippen LogP contribution in [0.15, 0.2) is 42.7 Å². The molecule has 0 aliphatic carbocycles. The molecule has 1 saturated heterocycles. The molecule has 2 aliphatic heterocycles. The van der Waals surface area contributed by atoms with Crippen LogP contribution in [-0.2, 0) is 13.0 Å². The first kappa shape index (κ1) is 20.4. The quantitative estimate of drug-likeness (QED) is 0.442. The number of fused-ring (bicyclic) bond motifs is 2. The summed E-state index contributed by atoms with van der Waals surface area (Å²) in [6.07, 6.45) is 7.56. The zero-order valence-electron chi connectivity index (χ0n) is 19.7. The average Bonchev–Trinajstić information content (AvgIpc) is 3.47. The molecule has 0 radical (unpaired) electrons. The molecule has 5 heteroatoms. The largest absolute Gasteiger partial charge is 0.367 e. The summed E-state index contributed by atoms with van der Waals surface area (Å²) in [5.74, 6) is 0. The van der Waals surface area contributed by atoms with Gasteiger partial charge in [-0.05, 0) is 98.7 Å². The van der Waals surface area contributed by atoms with Crippen molar-refractivity contribution in [2.24, 2.45) is 0 Å². The SMILES string of the molecule is Cc1cc(N2CCc3cc(-c4cnc5[nH]cc(C)c5c4)cc(C4CCCN4)c3C2)cc(C)n1. The molecule has 1 unspecified atom stereocenters. The number of aromatic amines is 1. The maximum absolute atomic E-state index is 4.70. The van der Waals surface area contributed by atoms with Gasteiger partial charge in [0.1, 0.15) is 5.65 Å². The second-order valence-corrected chi connectivity index (χ2v) is 9.72. The molecule has 5 nitrogen and oxygen atoms in total. The fourth-order valence-corrected chi connectivity index (χ4v) is 5.63. The number of pyridine rings is 2. The Hall–Kier alpha value is -3.18. The van der Waals surface area contributed by atoms with Gasteiger partial charge in [-0.25, -0.2) is 4.98 Å². The molecule has 4 aromatic rings. The van der Waals surface area contributed by atoms with Crippen molar-refractivity contribution in [3.63, 3.8) is 0 Å². The van der Waals surface area contributed by atoms with E-state index in [0.29, 0.717) is 6.04 Å². The van der Waals surface area contributed by atoms with Gasteiger partial charge in [0.2, 0.25) is 0 Å². The van der Waals surface area contributed by atoms with Crippen molar-refractivity contribution in [2.75, 3.05) is 18.0 Å². The number of hydrogen-bond acceptors (Lipinski definition) is 4. The van der Waals surface area contributed by atoms with E-state index in [1.165, 1.54) is 57.3 Å². The highest BCUT2D eigenvalue weighted by molar-refractivity contribution is 5.84. The Kier molecular flexibility index (Phi) is 4.95. The van der Waals surface area contributed by atoms with Crippen LogP contribution in [0.4, 0.5) is 5.69 Å². The number of nitrogens with one attached hydrogen (secondary N) is 2. The molecule has 2 aliphatic rings. The van der Waals surface area contributed by atoms with Gasteiger partial charge in [-0.3, -0.25) is 4.98 Å². The van der Waals surface area contributed by atoms with E-state index < -0.39 is 0 Å². The van der Waals surface area contributed by atoms with Crippen LogP contribution in [0.5, 0.6) is 0 Å². The van der Waals surface area contributed by atoms with Crippen molar-refractivity contribution in [1.82, 2.24) is 20.3 Å². The van der Waals surface area contributed by atoms with E-state index in [1.807, 2.05) is 12.4 Å². The Labute approximate surface area is 195 Å². The third-order valence-corrected chi connectivity index (χ3v) is 7.32. The van der Waals surface area contributed by atoms with Crippen LogP contribution in [0.25, 0.3) is 22.2 Å². The first-order chi connectivity index (χ1) is 16.0. The lowest BCUT2D eigenvalue weighted by molar-refractivity contribution is 0.625. The summed E-state index contributed by atoms with van der Waals surface area (Å²) in [5.41, 5.74) is 12.6. The number of nitrogens with zero attached hydrogens (tertiary/aromatic N) is 3. The van der Waals surface area contributed by atoms with E-state index in [-0.39, 0.29) is 0 Å². The van der Waals surface area contributed by atoms with E-state index in [9.17, 15) is 0 Å². The number of aromatic nitrogens is 3. The van der Waals surface area contributed by atoms with Crippen molar-refractivity contribution in [3.05, 3.63) is 76.4 Å². The number of anilines is 1. The van der Waals surface area contributed by atoms with E-state index >= 15 is 0 Å². The van der Waals surface area contributed by atoms with Crippen LogP contribution in [0.2, 0.25) is 0 Å². The van der Waals surface area contributed by atoms with Gasteiger partial charge >= 0.3 is 0 Å². The van der Waals surface area contributed by atoms with Crippen molar-refractivity contribution in [3.8, 4) is 11.1 Å². The number of H-pyrrole nitrogens is 1. The minimum atomic E-state index is 0.435. The lowest BCUT2D eigenvalue weighted by Crippen LogP contribution is -2.32. The number of benzene rings is 1. The minimum absolute atomic E-state index is 0.435. The number of aryl methyl sites for hydroxylation is 3. The third kappa shape index (κ3) is 3.70. The molecular weight excluding hydrogens is 406 g/mol. The highest BCUT2D eigenvalue weighted by Gasteiger charge is 2.26. The van der Waals surface area contributed by atoms with E-state index in [0.717, 1.165) is 43.1 Å². The van der Waals surface area contributed by atoms with Crippen LogP contribution in [0.3, 0.4) is 0 Å². The van der Waals surface area contributed by atoms with Gasteiger partial charge in [0, 0.05) is 59.5 Å². The van der Waals surface area contributed by atoms with Crippen LogP contribution in [0.1, 0.15) is 52.5 Å². The fourth-order valence-electron chi connectivity index (χ4n) is 5.63. The summed E-state index contributed by atoms with van der Waals surface area (Å²) in [4.78, 5) is 15.1. The summed E-state index contributed by atoms with van der Waals surface area (Å²) in [7, 11) is 0. The van der Waals surface area contributed by atoms with Crippen molar-refractivity contribution >= 4 is 16.7 Å². The smallest absolute Gasteiger partial charge is 0.137 e. The number of rotatable bonds is 3. The van der Waals surface area contributed by atoms with Gasteiger partial charge in [0.15, 0.2) is 0 Å². The predicted molar refractivity (Wildman–Crippen MR) is 135 cm³/mol. The van der Waals surface area contributed by atoms with Crippen LogP contribution < -0.4 is 10.2 Å². The molecule has 2 N–H and O–H groups in total. The standard InChI is InChI=1S/C28H31N5/c1-17-14-30-28-24(17)13-22(15-31-28)21-11-20-6-8-33(23-9-18(2)32-19(3)10-23)16-26(20)25(12-21)27-5-4-7-29-27/h9-15,27,29H,4-8,16H2,1-3H3,(H,30,31). The van der Waals surface area contributed by atoms with Crippen molar-refractivity contribution in [2.45, 2.75) is 52.6 Å². The Morgan fingerprint density at radius 3 is 2.64 bits per heavy atom. The molecule has 0 spiro atoms. The molecule has 0 amide bonds. The fraction of sp³-hybridized carbons (Fsp3) is 0.357. The highest BCUT2D eigenvalue weighted by atomic mass is 15.1. The lowest BCUT2D eigenvalue weighted by Gasteiger charge is -2.34. The monoisotopic (exact) mass is 437 g/mol. The molecule has 33 heavy (non-hydrogen) atoms. The zero-order chi connectivity index (χ0) is 22.5. The summed E-state index contributed by atoms with van der Waals surface area (Å²) >= 11 is 0. The summed E-state index contributed by atoms with van der Waals surface area (Å²) in [5, 5.41) is 4.97. The summed E-state index contributed by atoms with van der Waals surface area (Å²) in [6.45, 7) is 9.41. The van der Waals surface area contributed by atoms with Gasteiger partial charge in [0.25, 0.3) is 0 Å². The Bertz CT molecular complexity index is 1330. The van der Waals surface area contributed by atoms with E-state index in [1.54, 1.807) is 0 Å². The van der Waals surface area contributed by atoms with E-state index in [2.05, 4.69) is 71.3 Å². The Morgan fingerprint density at radius 1 is 1.00 bits per heavy atom. The van der Waals surface area contributed by atoms with Gasteiger partial charge in [-0.2, -0.15) is 0 Å². The van der Waals surface area contributed by atoms with Gasteiger partial charge in [-0.15, -0.1) is 0 Å². The zero-order valence-corrected chi connectivity index (χ0v) is 19.7. The highest BCUT2D eigenvalue weighted by Crippen LogP contribution is 2.37. The van der Waals surface area contributed by atoms with Crippen LogP contribution >= 0.6 is 0 Å². The summed E-state index contributed by atoms with van der Waals surface area (Å²) in [6, 6.07) is 12.0. The molecule has 0 saturated carbocycles. The summed E-state index contributed by atoms with van der Waals surface area (Å²) < 4.78 is 0. The van der Waals surface area contributed by atoms with Crippen molar-refractivity contribution < 1.29 is 0 Å². The number of hydrogen-bond donors (Lipinski definition) is 2. The first-order valence-electron chi connectivity index (χ1n) is 12.1. The molecular formula is C28H31N5. The molecule has 1 aromatic carbocycles. The molecule has 5 heterocycles. The first-order valence-corrected chi connectivity index (χ1v) is 12.1. The van der Waals surface area contributed by atoms with Crippen molar-refractivity contribution in [1.29, 1.82) is 0 Å². The Balaban J connectivity index is 1.43. The second-order valence-electron chi connectivity index (χ2n) is 9.72. The third-order valence-electron chi connectivity index (χ3n) is 7.32. The normalized spacial score (nSPS) is 18.2. The maximum atomic E-state index is 4.70. The molecule has 0 bridgehead atoms. The van der Waals surface area contributed by atoms with Crippen LogP contribution in [-0.4, -0.2) is 28.0 Å². The van der Waals surface area contributed by atoms with Gasteiger partial charge < -0.3 is 15.2 Å². The topological polar surface area (TPSA) is 56.8 Å². The predicted octanol–water partition coefficient (Wildman–Crippen LogP) is 5.54. The van der Waals surface area contributed by atoms with Gasteiger partial charge in [-0.1, -0.05) is 6.07 Å². The van der Waals surface area contributed by atoms with E-state index in [4.69, 9.17) is 4.98 Å². The van der Waals surface area contributed by atoms with Gasteiger partial charge in [0.05, 0.1) is 0 Å². The molecule has 1 fully saturated rings. The Morgan fingerprint density at radius 2 is 1.85 bits per heavy atom. The lowest BCUT2D eigenvalue weighted by atomic mass is 9.87. The molecule has 6 rings (SSSR count). The average molecular weight is 438 g/mol. The maximum Gasteiger partial charge on any atom is 0.137 e. The molecule has 1 atom stereocenters.